The molecule has 2 aliphatic heterocycles. The van der Waals surface area contributed by atoms with Gasteiger partial charge in [-0.15, -0.1) is 0 Å². The first-order valence-corrected chi connectivity index (χ1v) is 9.54. The Balaban J connectivity index is 1.59. The molecule has 136 valence electrons. The van der Waals surface area contributed by atoms with E-state index in [0.29, 0.717) is 32.2 Å². The standard InChI is InChI=1S/C15H18N2O7S/c18-12-5-6-13(19)16(12)8-9-1-3-10(4-2-9)17-14(20)7-11(15(17)21)25(22,23)24/h5-6,9-11H,1-4,7-8H2,(H,22,23,24). The maximum Gasteiger partial charge on any atom is 0.277 e. The van der Waals surface area contributed by atoms with Crippen LogP contribution in [0.1, 0.15) is 32.1 Å². The van der Waals surface area contributed by atoms with Gasteiger partial charge in [0.15, 0.2) is 5.25 Å². The lowest BCUT2D eigenvalue weighted by Crippen LogP contribution is -2.45. The zero-order valence-corrected chi connectivity index (χ0v) is 14.1. The van der Waals surface area contributed by atoms with E-state index in [9.17, 15) is 27.6 Å². The second-order valence-corrected chi connectivity index (χ2v) is 8.20. The van der Waals surface area contributed by atoms with Crippen LogP contribution in [0.5, 0.6) is 0 Å². The predicted molar refractivity (Wildman–Crippen MR) is 83.4 cm³/mol. The Morgan fingerprint density at radius 3 is 2.04 bits per heavy atom. The van der Waals surface area contributed by atoms with Gasteiger partial charge in [0.25, 0.3) is 27.8 Å². The molecule has 1 aliphatic carbocycles. The molecule has 3 aliphatic rings. The van der Waals surface area contributed by atoms with Gasteiger partial charge in [-0.25, -0.2) is 0 Å². The third-order valence-electron chi connectivity index (χ3n) is 5.02. The van der Waals surface area contributed by atoms with Gasteiger partial charge in [-0.2, -0.15) is 8.42 Å². The molecule has 1 atom stereocenters. The molecule has 2 fully saturated rings. The van der Waals surface area contributed by atoms with Crippen molar-refractivity contribution < 1.29 is 32.1 Å². The Bertz CT molecular complexity index is 747. The van der Waals surface area contributed by atoms with Gasteiger partial charge in [-0.05, 0) is 31.6 Å². The van der Waals surface area contributed by atoms with Gasteiger partial charge in [0.05, 0.1) is 6.42 Å². The van der Waals surface area contributed by atoms with E-state index in [1.165, 1.54) is 17.1 Å². The summed E-state index contributed by atoms with van der Waals surface area (Å²) in [5.41, 5.74) is 0. The van der Waals surface area contributed by atoms with E-state index >= 15 is 0 Å². The van der Waals surface area contributed by atoms with E-state index in [4.69, 9.17) is 4.55 Å². The Labute approximate surface area is 144 Å². The van der Waals surface area contributed by atoms with Crippen LogP contribution in [0.4, 0.5) is 0 Å². The number of imide groups is 2. The van der Waals surface area contributed by atoms with Crippen LogP contribution in [-0.4, -0.2) is 64.2 Å². The molecule has 2 heterocycles. The average Bonchev–Trinajstić information content (AvgIpc) is 3.01. The Morgan fingerprint density at radius 2 is 1.56 bits per heavy atom. The lowest BCUT2D eigenvalue weighted by atomic mass is 9.85. The van der Waals surface area contributed by atoms with E-state index in [1.54, 1.807) is 0 Å². The van der Waals surface area contributed by atoms with E-state index in [2.05, 4.69) is 0 Å². The van der Waals surface area contributed by atoms with Crippen molar-refractivity contribution >= 4 is 33.7 Å². The van der Waals surface area contributed by atoms with E-state index in [-0.39, 0.29) is 17.7 Å². The molecule has 0 aromatic carbocycles. The minimum atomic E-state index is -4.60. The van der Waals surface area contributed by atoms with Crippen molar-refractivity contribution in [3.8, 4) is 0 Å². The SMILES string of the molecule is O=C1C=CC(=O)N1CC1CCC(N2C(=O)CC(S(=O)(=O)O)C2=O)CC1. The molecule has 0 aromatic rings. The maximum atomic E-state index is 12.2. The normalized spacial score (nSPS) is 30.7. The van der Waals surface area contributed by atoms with Crippen LogP contribution in [0.25, 0.3) is 0 Å². The molecule has 0 bridgehead atoms. The maximum absolute atomic E-state index is 12.2. The topological polar surface area (TPSA) is 129 Å². The molecular weight excluding hydrogens is 352 g/mol. The summed E-state index contributed by atoms with van der Waals surface area (Å²) in [6, 6.07) is -0.411. The molecule has 25 heavy (non-hydrogen) atoms. The minimum Gasteiger partial charge on any atom is -0.285 e. The third-order valence-corrected chi connectivity index (χ3v) is 6.11. The Kier molecular flexibility index (Phi) is 4.50. The number of rotatable bonds is 4. The summed E-state index contributed by atoms with van der Waals surface area (Å²) in [6.45, 7) is 0.299. The fraction of sp³-hybridized carbons (Fsp3) is 0.600. The number of carbonyl (C=O) groups is 4. The Morgan fingerprint density at radius 1 is 1.00 bits per heavy atom. The molecule has 0 aromatic heterocycles. The first kappa shape index (κ1) is 17.7. The highest BCUT2D eigenvalue weighted by molar-refractivity contribution is 7.87. The van der Waals surface area contributed by atoms with Crippen molar-refractivity contribution in [2.75, 3.05) is 6.54 Å². The molecule has 1 N–H and O–H groups in total. The zero-order valence-electron chi connectivity index (χ0n) is 13.3. The van der Waals surface area contributed by atoms with Gasteiger partial charge < -0.3 is 0 Å². The molecule has 1 saturated carbocycles. The van der Waals surface area contributed by atoms with Gasteiger partial charge in [0.1, 0.15) is 0 Å². The van der Waals surface area contributed by atoms with Crippen LogP contribution in [0.3, 0.4) is 0 Å². The fourth-order valence-corrected chi connectivity index (χ4v) is 4.42. The van der Waals surface area contributed by atoms with E-state index < -0.39 is 39.6 Å². The second-order valence-electron chi connectivity index (χ2n) is 6.60. The summed E-state index contributed by atoms with van der Waals surface area (Å²) in [4.78, 5) is 49.5. The number of likely N-dealkylation sites (tertiary alicyclic amines) is 1. The highest BCUT2D eigenvalue weighted by atomic mass is 32.2. The van der Waals surface area contributed by atoms with Crippen LogP contribution < -0.4 is 0 Å². The van der Waals surface area contributed by atoms with Crippen molar-refractivity contribution in [2.24, 2.45) is 5.92 Å². The molecular formula is C15H18N2O7S. The zero-order chi connectivity index (χ0) is 18.4. The number of hydrogen-bond donors (Lipinski definition) is 1. The van der Waals surface area contributed by atoms with Gasteiger partial charge in [0, 0.05) is 24.7 Å². The summed E-state index contributed by atoms with van der Waals surface area (Å²) < 4.78 is 31.5. The molecule has 3 rings (SSSR count). The molecule has 9 nitrogen and oxygen atoms in total. The van der Waals surface area contributed by atoms with Crippen LogP contribution in [0.15, 0.2) is 12.2 Å². The average molecular weight is 370 g/mol. The first-order chi connectivity index (χ1) is 11.7. The summed E-state index contributed by atoms with van der Waals surface area (Å²) in [7, 11) is -4.60. The van der Waals surface area contributed by atoms with E-state index in [1.807, 2.05) is 0 Å². The van der Waals surface area contributed by atoms with Crippen molar-refractivity contribution in [3.05, 3.63) is 12.2 Å². The smallest absolute Gasteiger partial charge is 0.277 e. The molecule has 1 unspecified atom stereocenters. The summed E-state index contributed by atoms with van der Waals surface area (Å²) in [6.07, 6.45) is 4.09. The van der Waals surface area contributed by atoms with E-state index in [0.717, 1.165) is 4.90 Å². The molecule has 10 heteroatoms. The van der Waals surface area contributed by atoms with Gasteiger partial charge in [-0.1, -0.05) is 0 Å². The van der Waals surface area contributed by atoms with Crippen molar-refractivity contribution in [3.63, 3.8) is 0 Å². The molecule has 0 radical (unpaired) electrons. The number of carbonyl (C=O) groups excluding carboxylic acids is 4. The van der Waals surface area contributed by atoms with Crippen LogP contribution in [0, 0.1) is 5.92 Å². The largest absolute Gasteiger partial charge is 0.285 e. The van der Waals surface area contributed by atoms with Gasteiger partial charge in [0.2, 0.25) is 5.91 Å². The van der Waals surface area contributed by atoms with Crippen LogP contribution in [0.2, 0.25) is 0 Å². The lowest BCUT2D eigenvalue weighted by molar-refractivity contribution is -0.141. The number of hydrogen-bond acceptors (Lipinski definition) is 6. The lowest BCUT2D eigenvalue weighted by Gasteiger charge is -2.34. The summed E-state index contributed by atoms with van der Waals surface area (Å²) in [5.74, 6) is -2.06. The third kappa shape index (κ3) is 3.36. The second kappa shape index (κ2) is 6.34. The number of nitrogens with zero attached hydrogens (tertiary/aromatic N) is 2. The molecule has 0 spiro atoms. The van der Waals surface area contributed by atoms with Gasteiger partial charge in [-0.3, -0.25) is 33.5 Å². The van der Waals surface area contributed by atoms with Crippen LogP contribution in [-0.2, 0) is 29.3 Å². The molecule has 1 saturated heterocycles. The highest BCUT2D eigenvalue weighted by Crippen LogP contribution is 2.32. The quantitative estimate of drug-likeness (QED) is 0.521. The van der Waals surface area contributed by atoms with Crippen LogP contribution >= 0.6 is 0 Å². The van der Waals surface area contributed by atoms with Crippen molar-refractivity contribution in [1.29, 1.82) is 0 Å². The number of amides is 4. The van der Waals surface area contributed by atoms with Crippen molar-refractivity contribution in [1.82, 2.24) is 9.80 Å². The summed E-state index contributed by atoms with van der Waals surface area (Å²) in [5, 5.41) is -1.70. The van der Waals surface area contributed by atoms with Crippen molar-refractivity contribution in [2.45, 2.75) is 43.4 Å². The predicted octanol–water partition coefficient (Wildman–Crippen LogP) is -0.514. The Hall–Kier alpha value is -2.07. The molecule has 4 amide bonds. The minimum absolute atomic E-state index is 0.0780. The summed E-state index contributed by atoms with van der Waals surface area (Å²) >= 11 is 0. The highest BCUT2D eigenvalue weighted by Gasteiger charge is 2.48. The van der Waals surface area contributed by atoms with Gasteiger partial charge >= 0.3 is 0 Å². The first-order valence-electron chi connectivity index (χ1n) is 8.04. The fourth-order valence-electron chi connectivity index (χ4n) is 3.69. The monoisotopic (exact) mass is 370 g/mol.